The summed E-state index contributed by atoms with van der Waals surface area (Å²) in [6.07, 6.45) is 0.808. The SMILES string of the molecule is CCc1ccc(OC(CN)c2ccc(Br)s2)c(OC)c1. The van der Waals surface area contributed by atoms with Gasteiger partial charge in [-0.2, -0.15) is 0 Å². The molecule has 0 fully saturated rings. The Balaban J connectivity index is 2.23. The molecular weight excluding hydrogens is 338 g/mol. The Morgan fingerprint density at radius 3 is 2.60 bits per heavy atom. The quantitative estimate of drug-likeness (QED) is 0.845. The monoisotopic (exact) mass is 355 g/mol. The number of ether oxygens (including phenoxy) is 2. The molecule has 0 aliphatic carbocycles. The lowest BCUT2D eigenvalue weighted by atomic mass is 10.1. The van der Waals surface area contributed by atoms with Gasteiger partial charge in [-0.05, 0) is 52.2 Å². The maximum atomic E-state index is 6.02. The first-order chi connectivity index (χ1) is 9.67. The lowest BCUT2D eigenvalue weighted by molar-refractivity contribution is 0.208. The van der Waals surface area contributed by atoms with Gasteiger partial charge < -0.3 is 15.2 Å². The Labute approximate surface area is 131 Å². The highest BCUT2D eigenvalue weighted by Crippen LogP contribution is 2.34. The Bertz CT molecular complexity index is 571. The molecule has 0 saturated heterocycles. The van der Waals surface area contributed by atoms with Crippen molar-refractivity contribution < 1.29 is 9.47 Å². The molecule has 1 unspecified atom stereocenters. The topological polar surface area (TPSA) is 44.5 Å². The van der Waals surface area contributed by atoms with Gasteiger partial charge in [-0.3, -0.25) is 0 Å². The van der Waals surface area contributed by atoms with Crippen LogP contribution in [-0.4, -0.2) is 13.7 Å². The van der Waals surface area contributed by atoms with Crippen LogP contribution in [0.3, 0.4) is 0 Å². The predicted octanol–water partition coefficient (Wildman–Crippen LogP) is 4.16. The fraction of sp³-hybridized carbons (Fsp3) is 0.333. The molecule has 1 aromatic carbocycles. The minimum absolute atomic E-state index is 0.160. The van der Waals surface area contributed by atoms with Gasteiger partial charge in [-0.15, -0.1) is 11.3 Å². The number of aryl methyl sites for hydroxylation is 1. The fourth-order valence-corrected chi connectivity index (χ4v) is 3.37. The van der Waals surface area contributed by atoms with Crippen molar-refractivity contribution in [1.29, 1.82) is 0 Å². The van der Waals surface area contributed by atoms with Gasteiger partial charge in [0, 0.05) is 11.4 Å². The van der Waals surface area contributed by atoms with E-state index in [1.54, 1.807) is 18.4 Å². The van der Waals surface area contributed by atoms with Crippen LogP contribution in [0.15, 0.2) is 34.1 Å². The highest BCUT2D eigenvalue weighted by atomic mass is 79.9. The second-order valence-electron chi connectivity index (χ2n) is 4.32. The van der Waals surface area contributed by atoms with Crippen molar-refractivity contribution in [3.05, 3.63) is 44.6 Å². The van der Waals surface area contributed by atoms with Crippen LogP contribution in [0.4, 0.5) is 0 Å². The van der Waals surface area contributed by atoms with E-state index in [0.29, 0.717) is 6.54 Å². The van der Waals surface area contributed by atoms with E-state index in [0.717, 1.165) is 26.6 Å². The molecule has 0 saturated carbocycles. The second-order valence-corrected chi connectivity index (χ2v) is 6.82. The first kappa shape index (κ1) is 15.4. The first-order valence-electron chi connectivity index (χ1n) is 6.46. The summed E-state index contributed by atoms with van der Waals surface area (Å²) in [4.78, 5) is 1.10. The average molecular weight is 356 g/mol. The van der Waals surface area contributed by atoms with Crippen LogP contribution in [0.1, 0.15) is 23.5 Å². The van der Waals surface area contributed by atoms with Crippen LogP contribution in [0, 0.1) is 0 Å². The Morgan fingerprint density at radius 1 is 1.25 bits per heavy atom. The zero-order chi connectivity index (χ0) is 14.5. The van der Waals surface area contributed by atoms with Gasteiger partial charge >= 0.3 is 0 Å². The maximum absolute atomic E-state index is 6.02. The maximum Gasteiger partial charge on any atom is 0.162 e. The van der Waals surface area contributed by atoms with Crippen molar-refractivity contribution in [2.24, 2.45) is 5.73 Å². The molecule has 0 bridgehead atoms. The average Bonchev–Trinajstić information content (AvgIpc) is 2.91. The minimum atomic E-state index is -0.160. The zero-order valence-corrected chi connectivity index (χ0v) is 14.0. The zero-order valence-electron chi connectivity index (χ0n) is 11.6. The molecular formula is C15H18BrNO2S. The number of hydrogen-bond donors (Lipinski definition) is 1. The van der Waals surface area contributed by atoms with Gasteiger partial charge in [-0.1, -0.05) is 13.0 Å². The van der Waals surface area contributed by atoms with E-state index in [4.69, 9.17) is 15.2 Å². The van der Waals surface area contributed by atoms with Gasteiger partial charge in [0.1, 0.15) is 6.10 Å². The molecule has 2 N–H and O–H groups in total. The van der Waals surface area contributed by atoms with E-state index < -0.39 is 0 Å². The van der Waals surface area contributed by atoms with Gasteiger partial charge in [0.25, 0.3) is 0 Å². The third-order valence-corrected chi connectivity index (χ3v) is 4.75. The molecule has 0 radical (unpaired) electrons. The van der Waals surface area contributed by atoms with Crippen molar-refractivity contribution in [3.63, 3.8) is 0 Å². The Hall–Kier alpha value is -1.04. The summed E-state index contributed by atoms with van der Waals surface area (Å²) in [5.41, 5.74) is 7.05. The summed E-state index contributed by atoms with van der Waals surface area (Å²) < 4.78 is 12.5. The van der Waals surface area contributed by atoms with Gasteiger partial charge in [0.2, 0.25) is 0 Å². The molecule has 0 spiro atoms. The summed E-state index contributed by atoms with van der Waals surface area (Å²) in [5, 5.41) is 0. The summed E-state index contributed by atoms with van der Waals surface area (Å²) in [5.74, 6) is 1.48. The molecule has 1 heterocycles. The first-order valence-corrected chi connectivity index (χ1v) is 8.07. The lowest BCUT2D eigenvalue weighted by Gasteiger charge is -2.18. The molecule has 0 aliphatic rings. The van der Waals surface area contributed by atoms with E-state index in [2.05, 4.69) is 28.9 Å². The second kappa shape index (κ2) is 7.11. The smallest absolute Gasteiger partial charge is 0.162 e. The van der Waals surface area contributed by atoms with Crippen molar-refractivity contribution in [2.45, 2.75) is 19.4 Å². The number of nitrogens with two attached hydrogens (primary N) is 1. The van der Waals surface area contributed by atoms with Crippen molar-refractivity contribution in [3.8, 4) is 11.5 Å². The van der Waals surface area contributed by atoms with Crippen molar-refractivity contribution >= 4 is 27.3 Å². The molecule has 2 rings (SSSR count). The van der Waals surface area contributed by atoms with Crippen molar-refractivity contribution in [1.82, 2.24) is 0 Å². The normalized spacial score (nSPS) is 12.2. The number of methoxy groups -OCH3 is 1. The van der Waals surface area contributed by atoms with E-state index in [1.165, 1.54) is 5.56 Å². The van der Waals surface area contributed by atoms with Gasteiger partial charge in [-0.25, -0.2) is 0 Å². The standard InChI is InChI=1S/C15H18BrNO2S/c1-3-10-4-5-11(12(8-10)18-2)19-13(9-17)14-6-7-15(16)20-14/h4-8,13H,3,9,17H2,1-2H3. The van der Waals surface area contributed by atoms with Crippen molar-refractivity contribution in [2.75, 3.05) is 13.7 Å². The molecule has 108 valence electrons. The van der Waals surface area contributed by atoms with Crippen LogP contribution >= 0.6 is 27.3 Å². The summed E-state index contributed by atoms with van der Waals surface area (Å²) in [7, 11) is 1.65. The van der Waals surface area contributed by atoms with E-state index >= 15 is 0 Å². The van der Waals surface area contributed by atoms with E-state index in [9.17, 15) is 0 Å². The third kappa shape index (κ3) is 3.53. The lowest BCUT2D eigenvalue weighted by Crippen LogP contribution is -2.17. The molecule has 0 amide bonds. The van der Waals surface area contributed by atoms with Crippen LogP contribution in [0.25, 0.3) is 0 Å². The molecule has 1 aromatic heterocycles. The minimum Gasteiger partial charge on any atom is -0.493 e. The molecule has 0 aliphatic heterocycles. The van der Waals surface area contributed by atoms with E-state index in [1.807, 2.05) is 24.3 Å². The summed E-state index contributed by atoms with van der Waals surface area (Å²) in [6.45, 7) is 2.53. The van der Waals surface area contributed by atoms with Crippen LogP contribution in [-0.2, 0) is 6.42 Å². The van der Waals surface area contributed by atoms with E-state index in [-0.39, 0.29) is 6.10 Å². The number of thiophene rings is 1. The number of benzene rings is 1. The fourth-order valence-electron chi connectivity index (χ4n) is 1.91. The molecule has 5 heteroatoms. The Kier molecular flexibility index (Phi) is 5.46. The molecule has 2 aromatic rings. The third-order valence-electron chi connectivity index (χ3n) is 3.03. The number of halogens is 1. The number of hydrogen-bond acceptors (Lipinski definition) is 4. The predicted molar refractivity (Wildman–Crippen MR) is 86.8 cm³/mol. The summed E-state index contributed by atoms with van der Waals surface area (Å²) >= 11 is 5.09. The Morgan fingerprint density at radius 2 is 2.05 bits per heavy atom. The molecule has 3 nitrogen and oxygen atoms in total. The van der Waals surface area contributed by atoms with Crippen LogP contribution < -0.4 is 15.2 Å². The highest BCUT2D eigenvalue weighted by Gasteiger charge is 2.16. The molecule has 20 heavy (non-hydrogen) atoms. The number of rotatable bonds is 6. The largest absolute Gasteiger partial charge is 0.493 e. The molecule has 1 atom stereocenters. The highest BCUT2D eigenvalue weighted by molar-refractivity contribution is 9.11. The van der Waals surface area contributed by atoms with Gasteiger partial charge in [0.05, 0.1) is 10.9 Å². The van der Waals surface area contributed by atoms with Crippen LogP contribution in [0.5, 0.6) is 11.5 Å². The van der Waals surface area contributed by atoms with Gasteiger partial charge in [0.15, 0.2) is 11.5 Å². The van der Waals surface area contributed by atoms with Crippen LogP contribution in [0.2, 0.25) is 0 Å². The summed E-state index contributed by atoms with van der Waals surface area (Å²) in [6, 6.07) is 10.0.